The van der Waals surface area contributed by atoms with Crippen LogP contribution in [0.4, 0.5) is 28.9 Å². The largest absolute Gasteiger partial charge is 0.495 e. The highest BCUT2D eigenvalue weighted by Gasteiger charge is 2.32. The van der Waals surface area contributed by atoms with Crippen molar-refractivity contribution in [2.45, 2.75) is 44.4 Å². The normalized spacial score (nSPS) is 18.4. The van der Waals surface area contributed by atoms with Gasteiger partial charge in [-0.25, -0.2) is 9.18 Å². The Balaban J connectivity index is 1.57. The van der Waals surface area contributed by atoms with Crippen molar-refractivity contribution in [1.82, 2.24) is 9.47 Å². The summed E-state index contributed by atoms with van der Waals surface area (Å²) in [4.78, 5) is 13.0. The number of carboxylic acid groups (broad SMARTS) is 1. The zero-order valence-electron chi connectivity index (χ0n) is 22.6. The van der Waals surface area contributed by atoms with Gasteiger partial charge in [-0.3, -0.25) is 4.90 Å². The molecule has 1 aliphatic heterocycles. The van der Waals surface area contributed by atoms with Gasteiger partial charge in [-0.1, -0.05) is 12.0 Å². The maximum Gasteiger partial charge on any atom is 0.406 e. The van der Waals surface area contributed by atoms with E-state index in [9.17, 15) is 27.5 Å². The molecule has 8 nitrogen and oxygen atoms in total. The fraction of sp³-hybridized carbons (Fsp3) is 0.414. The monoisotopic (exact) mass is 576 g/mol. The van der Waals surface area contributed by atoms with Gasteiger partial charge < -0.3 is 30.2 Å². The number of carboxylic acids is 1. The quantitative estimate of drug-likeness (QED) is 0.219. The van der Waals surface area contributed by atoms with Crippen LogP contribution in [-0.4, -0.2) is 83.4 Å². The number of aromatic nitrogens is 1. The number of nitrogens with one attached hydrogen (secondary N) is 2. The molecule has 3 aromatic rings. The van der Waals surface area contributed by atoms with Gasteiger partial charge in [0.1, 0.15) is 18.5 Å². The molecule has 2 heterocycles. The molecule has 41 heavy (non-hydrogen) atoms. The van der Waals surface area contributed by atoms with Crippen LogP contribution in [0.2, 0.25) is 0 Å². The first-order valence-corrected chi connectivity index (χ1v) is 13.1. The Morgan fingerprint density at radius 2 is 2.00 bits per heavy atom. The molecule has 12 heteroatoms. The number of benzene rings is 2. The summed E-state index contributed by atoms with van der Waals surface area (Å²) in [5.74, 6) is 4.82. The zero-order chi connectivity index (χ0) is 29.7. The maximum atomic E-state index is 15.0. The molecule has 2 aromatic carbocycles. The molecule has 0 aliphatic carbocycles. The number of rotatable bonds is 9. The third kappa shape index (κ3) is 7.62. The topological polar surface area (TPSA) is 99.0 Å². The van der Waals surface area contributed by atoms with Gasteiger partial charge >= 0.3 is 12.1 Å². The SMILES string of the molecule is COc1cc(C(=O)O)ccc1NCC#Cc1cc2c(N[C@H]3CCN(CC(C)O)C[C@H]3F)cccc2n1CC(F)(F)F. The van der Waals surface area contributed by atoms with E-state index in [4.69, 9.17) is 9.84 Å². The second-order valence-corrected chi connectivity index (χ2v) is 10.0. The predicted octanol–water partition coefficient (Wildman–Crippen LogP) is 4.58. The Bertz CT molecular complexity index is 1440. The lowest BCUT2D eigenvalue weighted by Gasteiger charge is -2.36. The minimum Gasteiger partial charge on any atom is -0.495 e. The number of carbonyl (C=O) groups is 1. The third-order valence-corrected chi connectivity index (χ3v) is 6.80. The number of hydrogen-bond acceptors (Lipinski definition) is 6. The molecule has 0 radical (unpaired) electrons. The molecule has 1 unspecified atom stereocenters. The van der Waals surface area contributed by atoms with E-state index in [1.807, 2.05) is 4.90 Å². The van der Waals surface area contributed by atoms with E-state index in [1.165, 1.54) is 25.3 Å². The number of hydrogen-bond donors (Lipinski definition) is 4. The Kier molecular flexibility index (Phi) is 9.30. The first kappa shape index (κ1) is 30.0. The number of piperidine rings is 1. The number of likely N-dealkylation sites (tertiary alicyclic amines) is 1. The molecule has 4 N–H and O–H groups in total. The van der Waals surface area contributed by atoms with Crippen molar-refractivity contribution in [3.8, 4) is 17.6 Å². The standard InChI is InChI=1S/C29H32F4N4O4/c1-18(38)15-36-12-10-24(22(30)16-36)35-23-6-3-7-26-21(23)14-20(37(26)17-29(31,32)33)5-4-11-34-25-9-8-19(28(39)40)13-27(25)41-2/h3,6-9,13-14,18,22,24,34-35,38H,10-12,15-17H2,1-2H3,(H,39,40)/t18?,22-,24+/m1/s1. The molecule has 1 fully saturated rings. The first-order chi connectivity index (χ1) is 19.4. The number of fused-ring (bicyclic) bond motifs is 1. The van der Waals surface area contributed by atoms with E-state index in [1.54, 1.807) is 31.2 Å². The smallest absolute Gasteiger partial charge is 0.406 e. The van der Waals surface area contributed by atoms with Crippen LogP contribution in [0.15, 0.2) is 42.5 Å². The second-order valence-electron chi connectivity index (χ2n) is 10.0. The summed E-state index contributed by atoms with van der Waals surface area (Å²) >= 11 is 0. The molecule has 0 amide bonds. The number of nitrogens with zero attached hydrogens (tertiary/aromatic N) is 2. The van der Waals surface area contributed by atoms with Crippen LogP contribution in [-0.2, 0) is 6.54 Å². The minimum absolute atomic E-state index is 0.0453. The highest BCUT2D eigenvalue weighted by molar-refractivity contribution is 5.94. The number of aliphatic hydroxyl groups is 1. The molecule has 220 valence electrons. The first-order valence-electron chi connectivity index (χ1n) is 13.1. The lowest BCUT2D eigenvalue weighted by atomic mass is 10.0. The minimum atomic E-state index is -4.50. The van der Waals surface area contributed by atoms with E-state index in [0.717, 1.165) is 4.57 Å². The number of anilines is 2. The zero-order valence-corrected chi connectivity index (χ0v) is 22.6. The highest BCUT2D eigenvalue weighted by atomic mass is 19.4. The number of aliphatic hydroxyl groups excluding tert-OH is 1. The highest BCUT2D eigenvalue weighted by Crippen LogP contribution is 2.32. The van der Waals surface area contributed by atoms with Gasteiger partial charge in [0.05, 0.1) is 48.3 Å². The summed E-state index contributed by atoms with van der Waals surface area (Å²) in [5.41, 5.74) is 1.51. The number of β-amino-alcohol motifs (C(OH)–C–C–N with tert-alkyl or cyclic N) is 1. The molecular formula is C29H32F4N4O4. The average Bonchev–Trinajstić information content (AvgIpc) is 3.24. The molecule has 0 spiro atoms. The fourth-order valence-electron chi connectivity index (χ4n) is 4.98. The second kappa shape index (κ2) is 12.7. The van der Waals surface area contributed by atoms with E-state index < -0.39 is 37.0 Å². The molecule has 1 aliphatic rings. The Morgan fingerprint density at radius 1 is 1.22 bits per heavy atom. The van der Waals surface area contributed by atoms with Gasteiger partial charge in [0.25, 0.3) is 0 Å². The molecule has 4 rings (SSSR count). The van der Waals surface area contributed by atoms with Gasteiger partial charge in [0.2, 0.25) is 0 Å². The van der Waals surface area contributed by atoms with Crippen molar-refractivity contribution in [2.75, 3.05) is 43.9 Å². The van der Waals surface area contributed by atoms with Gasteiger partial charge in [-0.05, 0) is 55.7 Å². The number of methoxy groups -OCH3 is 1. The van der Waals surface area contributed by atoms with E-state index in [-0.39, 0.29) is 30.1 Å². The fourth-order valence-corrected chi connectivity index (χ4v) is 4.98. The van der Waals surface area contributed by atoms with Crippen molar-refractivity contribution in [1.29, 1.82) is 0 Å². The van der Waals surface area contributed by atoms with Gasteiger partial charge in [-0.15, -0.1) is 0 Å². The summed E-state index contributed by atoms with van der Waals surface area (Å²) in [7, 11) is 1.39. The molecule has 3 atom stereocenters. The summed E-state index contributed by atoms with van der Waals surface area (Å²) in [6.07, 6.45) is -5.81. The van der Waals surface area contributed by atoms with Crippen molar-refractivity contribution >= 4 is 28.2 Å². The number of aromatic carboxylic acids is 1. The summed E-state index contributed by atoms with van der Waals surface area (Å²) in [5, 5.41) is 25.4. The molecule has 1 aromatic heterocycles. The van der Waals surface area contributed by atoms with Crippen LogP contribution in [0.1, 0.15) is 29.4 Å². The van der Waals surface area contributed by atoms with Crippen LogP contribution in [0, 0.1) is 11.8 Å². The summed E-state index contributed by atoms with van der Waals surface area (Å²) < 4.78 is 61.9. The van der Waals surface area contributed by atoms with Gasteiger partial charge in [0.15, 0.2) is 0 Å². The molecular weight excluding hydrogens is 544 g/mol. The van der Waals surface area contributed by atoms with E-state index in [0.29, 0.717) is 41.8 Å². The molecule has 0 saturated carbocycles. The molecule has 0 bridgehead atoms. The number of ether oxygens (including phenoxy) is 1. The van der Waals surface area contributed by atoms with E-state index in [2.05, 4.69) is 22.5 Å². The van der Waals surface area contributed by atoms with Crippen LogP contribution >= 0.6 is 0 Å². The van der Waals surface area contributed by atoms with Crippen LogP contribution in [0.25, 0.3) is 10.9 Å². The van der Waals surface area contributed by atoms with Gasteiger partial charge in [-0.2, -0.15) is 13.2 Å². The van der Waals surface area contributed by atoms with Crippen LogP contribution in [0.3, 0.4) is 0 Å². The van der Waals surface area contributed by atoms with Crippen molar-refractivity contribution in [2.24, 2.45) is 0 Å². The Morgan fingerprint density at radius 3 is 2.66 bits per heavy atom. The van der Waals surface area contributed by atoms with Crippen molar-refractivity contribution in [3.63, 3.8) is 0 Å². The summed E-state index contributed by atoms with van der Waals surface area (Å²) in [6.45, 7) is 1.57. The van der Waals surface area contributed by atoms with Gasteiger partial charge in [0, 0.05) is 30.7 Å². The van der Waals surface area contributed by atoms with E-state index >= 15 is 0 Å². The number of halogens is 4. The van der Waals surface area contributed by atoms with Crippen molar-refractivity contribution in [3.05, 3.63) is 53.7 Å². The van der Waals surface area contributed by atoms with Crippen LogP contribution in [0.5, 0.6) is 5.75 Å². The third-order valence-electron chi connectivity index (χ3n) is 6.80. The molecule has 1 saturated heterocycles. The van der Waals surface area contributed by atoms with Crippen molar-refractivity contribution < 1.29 is 37.3 Å². The maximum absolute atomic E-state index is 15.0. The lowest BCUT2D eigenvalue weighted by molar-refractivity contribution is -0.140. The predicted molar refractivity (Wildman–Crippen MR) is 148 cm³/mol. The average molecular weight is 577 g/mol. The lowest BCUT2D eigenvalue weighted by Crippen LogP contribution is -2.49. The Hall–Kier alpha value is -3.95. The Labute approximate surface area is 234 Å². The van der Waals surface area contributed by atoms with Crippen LogP contribution < -0.4 is 15.4 Å². The summed E-state index contributed by atoms with van der Waals surface area (Å²) in [6, 6.07) is 10.2. The number of alkyl halides is 4.